The Labute approximate surface area is 69.5 Å². The predicted molar refractivity (Wildman–Crippen MR) is 44.6 cm³/mol. The Hall–Kier alpha value is -0.900. The number of aromatic nitrogens is 1. The molecule has 3 nitrogen and oxygen atoms in total. The third kappa shape index (κ3) is 2.31. The first kappa shape index (κ1) is 8.20. The minimum atomic E-state index is 0.320. The lowest BCUT2D eigenvalue weighted by molar-refractivity contribution is -0.109. The van der Waals surface area contributed by atoms with E-state index in [0.29, 0.717) is 18.9 Å². The second kappa shape index (κ2) is 4.08. The fourth-order valence-corrected chi connectivity index (χ4v) is 1.49. The number of hydrogen-bond donors (Lipinski definition) is 1. The molecule has 1 N–H and O–H groups in total. The van der Waals surface area contributed by atoms with Gasteiger partial charge in [0.25, 0.3) is 0 Å². The Morgan fingerprint density at radius 2 is 2.73 bits per heavy atom. The first-order valence-electron chi connectivity index (χ1n) is 3.41. The molecule has 1 atom stereocenters. The molecule has 0 saturated carbocycles. The molecule has 0 fully saturated rings. The zero-order chi connectivity index (χ0) is 8.10. The summed E-state index contributed by atoms with van der Waals surface area (Å²) < 4.78 is 0. The smallest absolute Gasteiger partial charge is 0.207 e. The van der Waals surface area contributed by atoms with Crippen LogP contribution >= 0.6 is 11.3 Å². The average Bonchev–Trinajstić information content (AvgIpc) is 2.52. The molecule has 1 heterocycles. The molecule has 0 aliphatic rings. The van der Waals surface area contributed by atoms with Crippen molar-refractivity contribution in [2.75, 3.05) is 6.54 Å². The summed E-state index contributed by atoms with van der Waals surface area (Å²) in [5, 5.41) is 5.63. The van der Waals surface area contributed by atoms with Gasteiger partial charge in [-0.25, -0.2) is 4.98 Å². The number of rotatable bonds is 4. The van der Waals surface area contributed by atoms with Crippen LogP contribution in [0.4, 0.5) is 0 Å². The highest BCUT2D eigenvalue weighted by Gasteiger charge is 2.05. The molecule has 1 amide bonds. The van der Waals surface area contributed by atoms with E-state index in [-0.39, 0.29) is 0 Å². The van der Waals surface area contributed by atoms with Gasteiger partial charge in [0.1, 0.15) is 0 Å². The molecule has 1 unspecified atom stereocenters. The number of carbonyl (C=O) groups excluding carboxylic acids is 1. The van der Waals surface area contributed by atoms with Crippen molar-refractivity contribution in [3.63, 3.8) is 0 Å². The second-order valence-electron chi connectivity index (χ2n) is 2.30. The number of nitrogens with zero attached hydrogens (tertiary/aromatic N) is 1. The summed E-state index contributed by atoms with van der Waals surface area (Å²) >= 11 is 1.61. The van der Waals surface area contributed by atoms with Crippen LogP contribution in [0.1, 0.15) is 17.8 Å². The van der Waals surface area contributed by atoms with E-state index >= 15 is 0 Å². The lowest BCUT2D eigenvalue weighted by atomic mass is 10.2. The quantitative estimate of drug-likeness (QED) is 0.685. The Bertz CT molecular complexity index is 210. The summed E-state index contributed by atoms with van der Waals surface area (Å²) in [5.41, 5.74) is 0. The lowest BCUT2D eigenvalue weighted by Crippen LogP contribution is -2.17. The van der Waals surface area contributed by atoms with Crippen LogP contribution in [-0.2, 0) is 4.79 Å². The second-order valence-corrected chi connectivity index (χ2v) is 3.22. The largest absolute Gasteiger partial charge is 0.358 e. The monoisotopic (exact) mass is 170 g/mol. The van der Waals surface area contributed by atoms with Gasteiger partial charge in [-0.1, -0.05) is 6.92 Å². The molecule has 0 aromatic carbocycles. The number of nitrogens with one attached hydrogen (secondary N) is 1. The average molecular weight is 170 g/mol. The lowest BCUT2D eigenvalue weighted by Gasteiger charge is -2.05. The summed E-state index contributed by atoms with van der Waals surface area (Å²) in [6, 6.07) is 0. The van der Waals surface area contributed by atoms with Crippen molar-refractivity contribution in [3.8, 4) is 0 Å². The third-order valence-corrected chi connectivity index (χ3v) is 2.39. The van der Waals surface area contributed by atoms with Crippen LogP contribution in [0, 0.1) is 0 Å². The Morgan fingerprint density at radius 3 is 3.27 bits per heavy atom. The first-order valence-corrected chi connectivity index (χ1v) is 4.29. The molecule has 0 bridgehead atoms. The maximum atomic E-state index is 9.95. The van der Waals surface area contributed by atoms with Crippen LogP contribution in [-0.4, -0.2) is 17.9 Å². The van der Waals surface area contributed by atoms with Gasteiger partial charge in [0.15, 0.2) is 0 Å². The Kier molecular flexibility index (Phi) is 3.04. The van der Waals surface area contributed by atoms with E-state index in [1.165, 1.54) is 0 Å². The maximum absolute atomic E-state index is 9.95. The molecule has 1 rings (SSSR count). The van der Waals surface area contributed by atoms with Gasteiger partial charge in [0.2, 0.25) is 6.41 Å². The number of thiazole rings is 1. The molecule has 60 valence electrons. The van der Waals surface area contributed by atoms with E-state index in [1.54, 1.807) is 17.5 Å². The zero-order valence-corrected chi connectivity index (χ0v) is 7.10. The highest BCUT2D eigenvalue weighted by atomic mass is 32.1. The van der Waals surface area contributed by atoms with Crippen molar-refractivity contribution < 1.29 is 4.79 Å². The maximum Gasteiger partial charge on any atom is 0.207 e. The van der Waals surface area contributed by atoms with Gasteiger partial charge in [0, 0.05) is 24.0 Å². The first-order chi connectivity index (χ1) is 5.34. The van der Waals surface area contributed by atoms with Crippen molar-refractivity contribution >= 4 is 17.7 Å². The van der Waals surface area contributed by atoms with Gasteiger partial charge in [-0.15, -0.1) is 11.3 Å². The minimum Gasteiger partial charge on any atom is -0.358 e. The molecule has 0 saturated heterocycles. The molecule has 1 aromatic rings. The third-order valence-electron chi connectivity index (χ3n) is 1.38. The van der Waals surface area contributed by atoms with Gasteiger partial charge >= 0.3 is 0 Å². The standard InChI is InChI=1S/C7H10N2OS/c1-6(4-8-5-10)7-9-2-3-11-7/h2-3,5-6H,4H2,1H3,(H,8,10). The van der Waals surface area contributed by atoms with Gasteiger partial charge in [-0.2, -0.15) is 0 Å². The van der Waals surface area contributed by atoms with Crippen LogP contribution in [0.5, 0.6) is 0 Å². The van der Waals surface area contributed by atoms with Crippen molar-refractivity contribution in [1.29, 1.82) is 0 Å². The fourth-order valence-electron chi connectivity index (χ4n) is 0.790. The van der Waals surface area contributed by atoms with Crippen LogP contribution in [0.2, 0.25) is 0 Å². The molecule has 0 aliphatic carbocycles. The SMILES string of the molecule is CC(CNC=O)c1nccs1. The summed E-state index contributed by atoms with van der Waals surface area (Å²) in [6.45, 7) is 2.70. The van der Waals surface area contributed by atoms with Crippen LogP contribution < -0.4 is 5.32 Å². The van der Waals surface area contributed by atoms with Crippen LogP contribution in [0.3, 0.4) is 0 Å². The van der Waals surface area contributed by atoms with Crippen LogP contribution in [0.15, 0.2) is 11.6 Å². The van der Waals surface area contributed by atoms with E-state index in [2.05, 4.69) is 10.3 Å². The van der Waals surface area contributed by atoms with Crippen LogP contribution in [0.25, 0.3) is 0 Å². The summed E-state index contributed by atoms with van der Waals surface area (Å²) in [4.78, 5) is 14.1. The summed E-state index contributed by atoms with van der Waals surface area (Å²) in [7, 11) is 0. The topological polar surface area (TPSA) is 42.0 Å². The van der Waals surface area contributed by atoms with Gasteiger partial charge in [-0.05, 0) is 0 Å². The molecule has 11 heavy (non-hydrogen) atoms. The van der Waals surface area contributed by atoms with Gasteiger partial charge in [-0.3, -0.25) is 4.79 Å². The van der Waals surface area contributed by atoms with Crippen molar-refractivity contribution in [2.24, 2.45) is 0 Å². The predicted octanol–water partition coefficient (Wildman–Crippen LogP) is 0.993. The van der Waals surface area contributed by atoms with Crippen molar-refractivity contribution in [3.05, 3.63) is 16.6 Å². The normalized spacial score (nSPS) is 12.5. The molecule has 4 heteroatoms. The summed E-state index contributed by atoms with van der Waals surface area (Å²) in [5.74, 6) is 0.320. The number of carbonyl (C=O) groups is 1. The highest BCUT2D eigenvalue weighted by Crippen LogP contribution is 2.15. The van der Waals surface area contributed by atoms with E-state index in [0.717, 1.165) is 5.01 Å². The molecular formula is C7H10N2OS. The van der Waals surface area contributed by atoms with Crippen molar-refractivity contribution in [2.45, 2.75) is 12.8 Å². The fraction of sp³-hybridized carbons (Fsp3) is 0.429. The number of amides is 1. The zero-order valence-electron chi connectivity index (χ0n) is 6.28. The van der Waals surface area contributed by atoms with E-state index in [1.807, 2.05) is 12.3 Å². The van der Waals surface area contributed by atoms with Crippen molar-refractivity contribution in [1.82, 2.24) is 10.3 Å². The minimum absolute atomic E-state index is 0.320. The van der Waals surface area contributed by atoms with E-state index in [4.69, 9.17) is 0 Å². The van der Waals surface area contributed by atoms with Gasteiger partial charge in [0.05, 0.1) is 5.01 Å². The molecule has 0 spiro atoms. The molecule has 0 aliphatic heterocycles. The number of hydrogen-bond acceptors (Lipinski definition) is 3. The van der Waals surface area contributed by atoms with E-state index < -0.39 is 0 Å². The highest BCUT2D eigenvalue weighted by molar-refractivity contribution is 7.09. The molecular weight excluding hydrogens is 160 g/mol. The Balaban J connectivity index is 2.42. The van der Waals surface area contributed by atoms with Gasteiger partial charge < -0.3 is 5.32 Å². The summed E-state index contributed by atoms with van der Waals surface area (Å²) in [6.07, 6.45) is 2.49. The molecule has 1 aromatic heterocycles. The molecule has 0 radical (unpaired) electrons. The van der Waals surface area contributed by atoms with E-state index in [9.17, 15) is 4.79 Å². The Morgan fingerprint density at radius 1 is 1.91 bits per heavy atom.